The van der Waals surface area contributed by atoms with E-state index in [0.717, 1.165) is 17.9 Å². The number of benzene rings is 1. The molecule has 0 atom stereocenters. The Labute approximate surface area is 153 Å². The maximum Gasteiger partial charge on any atom is 0.256 e. The number of nitrogens with zero attached hydrogens (tertiary/aromatic N) is 3. The van der Waals surface area contributed by atoms with E-state index in [9.17, 15) is 4.79 Å². The number of hydrogen-bond donors (Lipinski definition) is 1. The number of aryl methyl sites for hydroxylation is 2. The molecule has 0 saturated carbocycles. The average molecular weight is 352 g/mol. The SMILES string of the molecule is COCCCNC(=O)c1c(C)nn(-c2ccc(C)cc2)c1-n1cccc1. The van der Waals surface area contributed by atoms with E-state index in [1.807, 2.05) is 71.9 Å². The molecule has 6 heteroatoms. The third-order valence-corrected chi connectivity index (χ3v) is 4.20. The minimum atomic E-state index is -0.124. The summed E-state index contributed by atoms with van der Waals surface area (Å²) in [7, 11) is 1.65. The van der Waals surface area contributed by atoms with E-state index in [0.29, 0.717) is 24.4 Å². The van der Waals surface area contributed by atoms with Crippen LogP contribution in [0.4, 0.5) is 0 Å². The minimum absolute atomic E-state index is 0.124. The molecule has 1 amide bonds. The van der Waals surface area contributed by atoms with Crippen molar-refractivity contribution in [2.75, 3.05) is 20.3 Å². The molecule has 0 bridgehead atoms. The third kappa shape index (κ3) is 3.70. The Hall–Kier alpha value is -2.86. The minimum Gasteiger partial charge on any atom is -0.385 e. The highest BCUT2D eigenvalue weighted by Gasteiger charge is 2.23. The number of carbonyl (C=O) groups excluding carboxylic acids is 1. The molecule has 136 valence electrons. The zero-order chi connectivity index (χ0) is 18.5. The normalized spacial score (nSPS) is 10.9. The van der Waals surface area contributed by atoms with Crippen molar-refractivity contribution in [3.8, 4) is 11.5 Å². The molecule has 1 aromatic carbocycles. The highest BCUT2D eigenvalue weighted by molar-refractivity contribution is 5.98. The van der Waals surface area contributed by atoms with Crippen molar-refractivity contribution in [1.29, 1.82) is 0 Å². The number of carbonyl (C=O) groups is 1. The summed E-state index contributed by atoms with van der Waals surface area (Å²) in [5.41, 5.74) is 3.37. The lowest BCUT2D eigenvalue weighted by molar-refractivity contribution is 0.0948. The van der Waals surface area contributed by atoms with E-state index in [-0.39, 0.29) is 5.91 Å². The Morgan fingerprint density at radius 3 is 2.50 bits per heavy atom. The molecule has 0 aliphatic heterocycles. The van der Waals surface area contributed by atoms with Gasteiger partial charge >= 0.3 is 0 Å². The smallest absolute Gasteiger partial charge is 0.256 e. The molecule has 0 radical (unpaired) electrons. The third-order valence-electron chi connectivity index (χ3n) is 4.20. The lowest BCUT2D eigenvalue weighted by Gasteiger charge is -2.11. The molecule has 2 aromatic heterocycles. The summed E-state index contributed by atoms with van der Waals surface area (Å²) in [6, 6.07) is 12.0. The van der Waals surface area contributed by atoms with Gasteiger partial charge in [0.15, 0.2) is 5.82 Å². The second-order valence-electron chi connectivity index (χ2n) is 6.22. The Morgan fingerprint density at radius 2 is 1.85 bits per heavy atom. The fourth-order valence-corrected chi connectivity index (χ4v) is 2.87. The van der Waals surface area contributed by atoms with Gasteiger partial charge in [0.2, 0.25) is 0 Å². The fraction of sp³-hybridized carbons (Fsp3) is 0.300. The zero-order valence-electron chi connectivity index (χ0n) is 15.4. The predicted molar refractivity (Wildman–Crippen MR) is 101 cm³/mol. The number of methoxy groups -OCH3 is 1. The monoisotopic (exact) mass is 352 g/mol. The van der Waals surface area contributed by atoms with E-state index < -0.39 is 0 Å². The van der Waals surface area contributed by atoms with Gasteiger partial charge in [0.05, 0.1) is 11.4 Å². The Balaban J connectivity index is 2.01. The van der Waals surface area contributed by atoms with Crippen molar-refractivity contribution in [2.45, 2.75) is 20.3 Å². The molecule has 0 unspecified atom stereocenters. The van der Waals surface area contributed by atoms with Crippen molar-refractivity contribution in [2.24, 2.45) is 0 Å². The maximum absolute atomic E-state index is 12.8. The van der Waals surface area contributed by atoms with E-state index in [1.165, 1.54) is 5.56 Å². The van der Waals surface area contributed by atoms with Crippen molar-refractivity contribution in [3.63, 3.8) is 0 Å². The number of ether oxygens (including phenoxy) is 1. The number of rotatable bonds is 7. The summed E-state index contributed by atoms with van der Waals surface area (Å²) in [5.74, 6) is 0.612. The summed E-state index contributed by atoms with van der Waals surface area (Å²) in [6.07, 6.45) is 4.61. The van der Waals surface area contributed by atoms with Gasteiger partial charge in [-0.15, -0.1) is 0 Å². The second-order valence-corrected chi connectivity index (χ2v) is 6.22. The van der Waals surface area contributed by atoms with E-state index >= 15 is 0 Å². The van der Waals surface area contributed by atoms with Crippen LogP contribution in [0.25, 0.3) is 11.5 Å². The largest absolute Gasteiger partial charge is 0.385 e. The van der Waals surface area contributed by atoms with Crippen LogP contribution >= 0.6 is 0 Å². The van der Waals surface area contributed by atoms with E-state index in [4.69, 9.17) is 4.74 Å². The molecule has 3 rings (SSSR count). The molecule has 6 nitrogen and oxygen atoms in total. The molecule has 2 heterocycles. The summed E-state index contributed by atoms with van der Waals surface area (Å²) >= 11 is 0. The topological polar surface area (TPSA) is 61.1 Å². The molecule has 0 saturated heterocycles. The first-order valence-electron chi connectivity index (χ1n) is 8.69. The van der Waals surface area contributed by atoms with Crippen LogP contribution in [0.3, 0.4) is 0 Å². The van der Waals surface area contributed by atoms with E-state index in [1.54, 1.807) is 7.11 Å². The van der Waals surface area contributed by atoms with Gasteiger partial charge in [-0.05, 0) is 44.5 Å². The fourth-order valence-electron chi connectivity index (χ4n) is 2.87. The van der Waals surface area contributed by atoms with Crippen molar-refractivity contribution < 1.29 is 9.53 Å². The maximum atomic E-state index is 12.8. The molecule has 0 spiro atoms. The van der Waals surface area contributed by atoms with Crippen molar-refractivity contribution >= 4 is 5.91 Å². The number of nitrogens with one attached hydrogen (secondary N) is 1. The quantitative estimate of drug-likeness (QED) is 0.665. The molecular weight excluding hydrogens is 328 g/mol. The summed E-state index contributed by atoms with van der Waals surface area (Å²) in [4.78, 5) is 12.8. The van der Waals surface area contributed by atoms with Crippen LogP contribution in [-0.4, -0.2) is 40.5 Å². The number of hydrogen-bond acceptors (Lipinski definition) is 3. The van der Waals surface area contributed by atoms with Crippen LogP contribution in [-0.2, 0) is 4.74 Å². The van der Waals surface area contributed by atoms with Gasteiger partial charge in [-0.1, -0.05) is 17.7 Å². The van der Waals surface area contributed by atoms with Gasteiger partial charge < -0.3 is 14.6 Å². The summed E-state index contributed by atoms with van der Waals surface area (Å²) in [6.45, 7) is 5.09. The highest BCUT2D eigenvalue weighted by Crippen LogP contribution is 2.23. The first kappa shape index (κ1) is 17.9. The summed E-state index contributed by atoms with van der Waals surface area (Å²) < 4.78 is 8.77. The van der Waals surface area contributed by atoms with E-state index in [2.05, 4.69) is 10.4 Å². The first-order valence-corrected chi connectivity index (χ1v) is 8.69. The van der Waals surface area contributed by atoms with Crippen LogP contribution in [0.5, 0.6) is 0 Å². The highest BCUT2D eigenvalue weighted by atomic mass is 16.5. The van der Waals surface area contributed by atoms with Crippen LogP contribution in [0.1, 0.15) is 28.0 Å². The van der Waals surface area contributed by atoms with Gasteiger partial charge in [-0.2, -0.15) is 5.10 Å². The van der Waals surface area contributed by atoms with Crippen LogP contribution < -0.4 is 5.32 Å². The average Bonchev–Trinajstić information content (AvgIpc) is 3.26. The number of amides is 1. The molecule has 0 aliphatic carbocycles. The summed E-state index contributed by atoms with van der Waals surface area (Å²) in [5, 5.41) is 7.61. The lowest BCUT2D eigenvalue weighted by atomic mass is 10.2. The second kappa shape index (κ2) is 8.01. The standard InChI is InChI=1S/C20H24N4O2/c1-15-7-9-17(10-8-15)24-20(23-12-4-5-13-23)18(16(2)22-24)19(25)21-11-6-14-26-3/h4-5,7-10,12-13H,6,11,14H2,1-3H3,(H,21,25). The van der Waals surface area contributed by atoms with Crippen molar-refractivity contribution in [1.82, 2.24) is 19.7 Å². The Morgan fingerprint density at radius 1 is 1.15 bits per heavy atom. The van der Waals surface area contributed by atoms with Gasteiger partial charge in [-0.25, -0.2) is 4.68 Å². The van der Waals surface area contributed by atoms with Crippen molar-refractivity contribution in [3.05, 3.63) is 65.6 Å². The van der Waals surface area contributed by atoms with Crippen LogP contribution in [0.2, 0.25) is 0 Å². The molecule has 26 heavy (non-hydrogen) atoms. The zero-order valence-corrected chi connectivity index (χ0v) is 15.4. The van der Waals surface area contributed by atoms with Gasteiger partial charge in [0, 0.05) is 32.7 Å². The molecule has 0 fully saturated rings. The molecule has 3 aromatic rings. The lowest BCUT2D eigenvalue weighted by Crippen LogP contribution is -2.26. The Bertz CT molecular complexity index is 864. The predicted octanol–water partition coefficient (Wildman–Crippen LogP) is 3.05. The van der Waals surface area contributed by atoms with Crippen LogP contribution in [0.15, 0.2) is 48.8 Å². The Kier molecular flexibility index (Phi) is 5.53. The first-order chi connectivity index (χ1) is 12.6. The van der Waals surface area contributed by atoms with Gasteiger partial charge in [0.25, 0.3) is 5.91 Å². The van der Waals surface area contributed by atoms with Crippen LogP contribution in [0, 0.1) is 13.8 Å². The number of aromatic nitrogens is 3. The molecule has 0 aliphatic rings. The molecule has 1 N–H and O–H groups in total. The van der Waals surface area contributed by atoms with Gasteiger partial charge in [-0.3, -0.25) is 4.79 Å². The molecular formula is C20H24N4O2. The van der Waals surface area contributed by atoms with Gasteiger partial charge in [0.1, 0.15) is 5.56 Å².